The molecular formula is C22H27NO3. The largest absolute Gasteiger partial charge is 0.493 e. The van der Waals surface area contributed by atoms with Gasteiger partial charge in [0, 0.05) is 18.2 Å². The average molecular weight is 353 g/mol. The lowest BCUT2D eigenvalue weighted by atomic mass is 10.1. The Morgan fingerprint density at radius 1 is 1.04 bits per heavy atom. The van der Waals surface area contributed by atoms with Crippen molar-refractivity contribution in [3.05, 3.63) is 65.2 Å². The molecule has 0 aromatic heterocycles. The van der Waals surface area contributed by atoms with Crippen LogP contribution in [0.15, 0.2) is 54.1 Å². The number of hydrogen-bond acceptors (Lipinski definition) is 3. The molecule has 4 heteroatoms. The Bertz CT molecular complexity index is 766. The molecule has 0 atom stereocenters. The van der Waals surface area contributed by atoms with Gasteiger partial charge in [0.15, 0.2) is 11.5 Å². The number of nitrogens with zero attached hydrogens (tertiary/aromatic N) is 1. The maximum Gasteiger partial charge on any atom is 0.250 e. The third-order valence-electron chi connectivity index (χ3n) is 4.21. The first-order valence-corrected chi connectivity index (χ1v) is 8.71. The Morgan fingerprint density at radius 2 is 1.69 bits per heavy atom. The third kappa shape index (κ3) is 4.88. The van der Waals surface area contributed by atoms with Gasteiger partial charge in [-0.1, -0.05) is 36.4 Å². The van der Waals surface area contributed by atoms with Crippen LogP contribution < -0.4 is 9.47 Å². The molecule has 0 unspecified atom stereocenters. The summed E-state index contributed by atoms with van der Waals surface area (Å²) >= 11 is 0. The number of ether oxygens (including phenoxy) is 2. The topological polar surface area (TPSA) is 38.8 Å². The predicted molar refractivity (Wildman–Crippen MR) is 105 cm³/mol. The molecule has 0 N–H and O–H groups in total. The summed E-state index contributed by atoms with van der Waals surface area (Å²) in [5, 5.41) is 0. The van der Waals surface area contributed by atoms with Crippen molar-refractivity contribution in [2.45, 2.75) is 33.4 Å². The number of rotatable bonds is 7. The van der Waals surface area contributed by atoms with Gasteiger partial charge in [-0.25, -0.2) is 0 Å². The van der Waals surface area contributed by atoms with E-state index in [0.717, 1.165) is 11.1 Å². The highest BCUT2D eigenvalue weighted by Crippen LogP contribution is 2.28. The van der Waals surface area contributed by atoms with Crippen molar-refractivity contribution in [3.63, 3.8) is 0 Å². The molecular weight excluding hydrogens is 326 g/mol. The molecule has 2 rings (SSSR count). The van der Waals surface area contributed by atoms with Gasteiger partial charge in [0.05, 0.1) is 14.2 Å². The van der Waals surface area contributed by atoms with Crippen LogP contribution in [0.2, 0.25) is 0 Å². The quantitative estimate of drug-likeness (QED) is 0.686. The number of amides is 1. The maximum atomic E-state index is 13.0. The summed E-state index contributed by atoms with van der Waals surface area (Å²) in [6, 6.07) is 15.8. The molecule has 2 aromatic rings. The van der Waals surface area contributed by atoms with Gasteiger partial charge in [-0.3, -0.25) is 4.79 Å². The monoisotopic (exact) mass is 353 g/mol. The molecule has 0 radical (unpaired) electrons. The first kappa shape index (κ1) is 19.6. The molecule has 0 fully saturated rings. The van der Waals surface area contributed by atoms with Crippen molar-refractivity contribution in [1.82, 2.24) is 4.90 Å². The molecule has 0 aliphatic carbocycles. The molecule has 4 nitrogen and oxygen atoms in total. The lowest BCUT2D eigenvalue weighted by Gasteiger charge is -2.27. The number of methoxy groups -OCH3 is 2. The van der Waals surface area contributed by atoms with Gasteiger partial charge in [0.1, 0.15) is 0 Å². The molecule has 138 valence electrons. The van der Waals surface area contributed by atoms with E-state index in [-0.39, 0.29) is 11.9 Å². The van der Waals surface area contributed by atoms with Gasteiger partial charge in [0.2, 0.25) is 5.91 Å². The molecule has 0 heterocycles. The summed E-state index contributed by atoms with van der Waals surface area (Å²) < 4.78 is 10.6. The minimum absolute atomic E-state index is 0.0265. The van der Waals surface area contributed by atoms with E-state index in [1.807, 2.05) is 80.3 Å². The van der Waals surface area contributed by atoms with Crippen LogP contribution in [0.5, 0.6) is 11.5 Å². The van der Waals surface area contributed by atoms with Crippen molar-refractivity contribution in [2.24, 2.45) is 0 Å². The molecule has 0 aliphatic heterocycles. The van der Waals surface area contributed by atoms with Gasteiger partial charge in [-0.15, -0.1) is 0 Å². The van der Waals surface area contributed by atoms with E-state index in [9.17, 15) is 4.79 Å². The van der Waals surface area contributed by atoms with Crippen LogP contribution in [0.4, 0.5) is 0 Å². The van der Waals surface area contributed by atoms with E-state index in [0.29, 0.717) is 23.6 Å². The van der Waals surface area contributed by atoms with Crippen LogP contribution >= 0.6 is 0 Å². The summed E-state index contributed by atoms with van der Waals surface area (Å²) in [5.74, 6) is 1.34. The zero-order valence-electron chi connectivity index (χ0n) is 16.2. The second-order valence-electron chi connectivity index (χ2n) is 6.45. The van der Waals surface area contributed by atoms with E-state index < -0.39 is 0 Å². The Labute approximate surface area is 156 Å². The number of carbonyl (C=O) groups is 1. The Balaban J connectivity index is 2.23. The number of hydrogen-bond donors (Lipinski definition) is 0. The van der Waals surface area contributed by atoms with Gasteiger partial charge in [0.25, 0.3) is 0 Å². The van der Waals surface area contributed by atoms with E-state index in [1.54, 1.807) is 14.2 Å². The fourth-order valence-electron chi connectivity index (χ4n) is 2.75. The Hall–Kier alpha value is -2.75. The average Bonchev–Trinajstić information content (AvgIpc) is 2.66. The first-order chi connectivity index (χ1) is 12.5. The molecule has 1 amide bonds. The van der Waals surface area contributed by atoms with Gasteiger partial charge < -0.3 is 14.4 Å². The smallest absolute Gasteiger partial charge is 0.250 e. The van der Waals surface area contributed by atoms with Crippen LogP contribution in [0.1, 0.15) is 31.9 Å². The molecule has 0 bridgehead atoms. The highest BCUT2D eigenvalue weighted by molar-refractivity contribution is 5.97. The minimum Gasteiger partial charge on any atom is -0.493 e. The van der Waals surface area contributed by atoms with Crippen LogP contribution in [-0.4, -0.2) is 31.1 Å². The van der Waals surface area contributed by atoms with Crippen molar-refractivity contribution >= 4 is 12.0 Å². The second kappa shape index (κ2) is 9.09. The fourth-order valence-corrected chi connectivity index (χ4v) is 2.75. The van der Waals surface area contributed by atoms with Crippen LogP contribution in [0, 0.1) is 0 Å². The molecule has 0 saturated carbocycles. The van der Waals surface area contributed by atoms with Crippen LogP contribution in [0.25, 0.3) is 6.08 Å². The second-order valence-corrected chi connectivity index (χ2v) is 6.45. The highest BCUT2D eigenvalue weighted by Gasteiger charge is 2.19. The van der Waals surface area contributed by atoms with Crippen molar-refractivity contribution < 1.29 is 14.3 Å². The summed E-state index contributed by atoms with van der Waals surface area (Å²) in [6.45, 7) is 6.50. The van der Waals surface area contributed by atoms with E-state index >= 15 is 0 Å². The third-order valence-corrected chi connectivity index (χ3v) is 4.21. The molecule has 2 aromatic carbocycles. The van der Waals surface area contributed by atoms with Gasteiger partial charge in [-0.05, 0) is 50.1 Å². The Morgan fingerprint density at radius 3 is 2.27 bits per heavy atom. The van der Waals surface area contributed by atoms with Gasteiger partial charge >= 0.3 is 0 Å². The van der Waals surface area contributed by atoms with Crippen molar-refractivity contribution in [2.75, 3.05) is 14.2 Å². The zero-order valence-corrected chi connectivity index (χ0v) is 16.2. The van der Waals surface area contributed by atoms with E-state index in [2.05, 4.69) is 0 Å². The summed E-state index contributed by atoms with van der Waals surface area (Å²) in [6.07, 6.45) is 1.88. The summed E-state index contributed by atoms with van der Waals surface area (Å²) in [7, 11) is 3.20. The first-order valence-electron chi connectivity index (χ1n) is 8.71. The number of benzene rings is 2. The molecule has 0 saturated heterocycles. The van der Waals surface area contributed by atoms with Crippen LogP contribution in [-0.2, 0) is 11.3 Å². The SMILES string of the molecule is COc1ccc(/C=C(\C)C(=O)N(Cc2ccccc2)C(C)C)cc1OC. The molecule has 26 heavy (non-hydrogen) atoms. The fraction of sp³-hybridized carbons (Fsp3) is 0.318. The minimum atomic E-state index is 0.0265. The lowest BCUT2D eigenvalue weighted by Crippen LogP contribution is -2.36. The zero-order chi connectivity index (χ0) is 19.1. The normalized spacial score (nSPS) is 11.4. The summed E-state index contributed by atoms with van der Waals surface area (Å²) in [5.41, 5.74) is 2.70. The van der Waals surface area contributed by atoms with Crippen LogP contribution in [0.3, 0.4) is 0 Å². The lowest BCUT2D eigenvalue weighted by molar-refractivity contribution is -0.129. The van der Waals surface area contributed by atoms with Crippen molar-refractivity contribution in [1.29, 1.82) is 0 Å². The van der Waals surface area contributed by atoms with E-state index in [1.165, 1.54) is 0 Å². The molecule has 0 aliphatic rings. The maximum absolute atomic E-state index is 13.0. The Kier molecular flexibility index (Phi) is 6.84. The summed E-state index contributed by atoms with van der Waals surface area (Å²) in [4.78, 5) is 14.8. The van der Waals surface area contributed by atoms with E-state index in [4.69, 9.17) is 9.47 Å². The predicted octanol–water partition coefficient (Wildman–Crippen LogP) is 4.54. The van der Waals surface area contributed by atoms with Gasteiger partial charge in [-0.2, -0.15) is 0 Å². The number of carbonyl (C=O) groups excluding carboxylic acids is 1. The highest BCUT2D eigenvalue weighted by atomic mass is 16.5. The molecule has 0 spiro atoms. The van der Waals surface area contributed by atoms with Crippen molar-refractivity contribution in [3.8, 4) is 11.5 Å². The standard InChI is InChI=1S/C22H27NO3/c1-16(2)23(15-18-9-7-6-8-10-18)22(24)17(3)13-19-11-12-20(25-4)21(14-19)26-5/h6-14,16H,15H2,1-5H3/b17-13+.